The van der Waals surface area contributed by atoms with Crippen LogP contribution in [0.2, 0.25) is 0 Å². The van der Waals surface area contributed by atoms with Crippen LogP contribution in [0.3, 0.4) is 0 Å². The summed E-state index contributed by atoms with van der Waals surface area (Å²) in [7, 11) is 0.517. The van der Waals surface area contributed by atoms with E-state index in [-0.39, 0.29) is 11.4 Å². The lowest BCUT2D eigenvalue weighted by Gasteiger charge is -2.24. The van der Waals surface area contributed by atoms with Crippen molar-refractivity contribution in [2.75, 3.05) is 24.9 Å². The van der Waals surface area contributed by atoms with Gasteiger partial charge in [-0.25, -0.2) is 8.60 Å². The summed E-state index contributed by atoms with van der Waals surface area (Å²) in [5.41, 5.74) is 5.26. The van der Waals surface area contributed by atoms with Crippen LogP contribution >= 0.6 is 0 Å². The van der Waals surface area contributed by atoms with Crippen molar-refractivity contribution < 1.29 is 13.1 Å². The van der Waals surface area contributed by atoms with Gasteiger partial charge in [0.15, 0.2) is 16.8 Å². The molecule has 1 unspecified atom stereocenters. The number of fused-ring (bicyclic) bond motifs is 1. The average molecular weight is 541 g/mol. The van der Waals surface area contributed by atoms with Crippen LogP contribution in [0.5, 0.6) is 0 Å². The Balaban J connectivity index is 1.48. The zero-order valence-corrected chi connectivity index (χ0v) is 22.0. The predicted octanol–water partition coefficient (Wildman–Crippen LogP) is 5.64. The number of hydrogen-bond donors (Lipinski definition) is 1. The fourth-order valence-electron chi connectivity index (χ4n) is 4.83. The van der Waals surface area contributed by atoms with Gasteiger partial charge in [-0.05, 0) is 78.7 Å². The first-order chi connectivity index (χ1) is 19.0. The molecule has 0 amide bonds. The van der Waals surface area contributed by atoms with Crippen LogP contribution in [0.4, 0.5) is 10.2 Å². The summed E-state index contributed by atoms with van der Waals surface area (Å²) in [5, 5.41) is 4.52. The Bertz CT molecular complexity index is 1780. The van der Waals surface area contributed by atoms with Crippen molar-refractivity contribution in [2.24, 2.45) is 0 Å². The number of hydrogen-bond acceptors (Lipinski definition) is 5. The molecular formula is C30H25FN4O3S. The number of anilines is 1. The van der Waals surface area contributed by atoms with Gasteiger partial charge in [0.2, 0.25) is 0 Å². The number of halogens is 1. The van der Waals surface area contributed by atoms with E-state index in [1.807, 2.05) is 18.2 Å². The van der Waals surface area contributed by atoms with Crippen molar-refractivity contribution in [3.8, 4) is 16.8 Å². The van der Waals surface area contributed by atoms with E-state index in [2.05, 4.69) is 34.0 Å². The summed E-state index contributed by atoms with van der Waals surface area (Å²) < 4.78 is 35.8. The van der Waals surface area contributed by atoms with Gasteiger partial charge in [0.1, 0.15) is 12.1 Å². The first-order valence-corrected chi connectivity index (χ1v) is 13.6. The Morgan fingerprint density at radius 2 is 1.79 bits per heavy atom. The maximum atomic E-state index is 13.6. The second kappa shape index (κ2) is 10.4. The Labute approximate surface area is 226 Å². The van der Waals surface area contributed by atoms with E-state index in [4.69, 9.17) is 4.52 Å². The number of likely N-dealkylation sites (N-methyl/N-ethyl adjacent to an activating group) is 1. The molecule has 1 N–H and O–H groups in total. The van der Waals surface area contributed by atoms with Gasteiger partial charge in [0.25, 0.3) is 5.56 Å². The highest BCUT2D eigenvalue weighted by Crippen LogP contribution is 2.33. The first-order valence-electron chi connectivity index (χ1n) is 12.5. The average Bonchev–Trinajstić information content (AvgIpc) is 3.46. The van der Waals surface area contributed by atoms with E-state index < -0.39 is 11.0 Å². The van der Waals surface area contributed by atoms with Crippen LogP contribution in [-0.4, -0.2) is 39.0 Å². The third-order valence-corrected chi connectivity index (χ3v) is 7.96. The van der Waals surface area contributed by atoms with Crippen molar-refractivity contribution in [1.29, 1.82) is 0 Å². The molecule has 9 heteroatoms. The second-order valence-corrected chi connectivity index (χ2v) is 10.7. The number of rotatable bonds is 6. The number of benzene rings is 3. The van der Waals surface area contributed by atoms with Gasteiger partial charge in [-0.3, -0.25) is 14.1 Å². The minimum absolute atomic E-state index is 0.165. The fourth-order valence-corrected chi connectivity index (χ4v) is 5.67. The molecule has 0 bridgehead atoms. The highest BCUT2D eigenvalue weighted by atomic mass is 32.2. The van der Waals surface area contributed by atoms with Gasteiger partial charge >= 0.3 is 0 Å². The smallest absolute Gasteiger partial charge is 0.255 e. The third kappa shape index (κ3) is 5.06. The summed E-state index contributed by atoms with van der Waals surface area (Å²) in [6, 6.07) is 22.6. The summed E-state index contributed by atoms with van der Waals surface area (Å²) in [5.74, 6) is 0.0862. The van der Waals surface area contributed by atoms with Gasteiger partial charge in [0, 0.05) is 36.2 Å². The molecule has 0 saturated carbocycles. The quantitative estimate of drug-likeness (QED) is 0.302. The molecule has 5 aromatic rings. The molecule has 0 spiro atoms. The lowest BCUT2D eigenvalue weighted by atomic mass is 9.93. The normalized spacial score (nSPS) is 14.8. The van der Waals surface area contributed by atoms with Crippen LogP contribution in [-0.2, 0) is 11.0 Å². The van der Waals surface area contributed by atoms with Crippen LogP contribution in [0.25, 0.3) is 33.3 Å². The molecule has 0 aliphatic carbocycles. The maximum Gasteiger partial charge on any atom is 0.255 e. The van der Waals surface area contributed by atoms with Crippen molar-refractivity contribution in [3.63, 3.8) is 0 Å². The lowest BCUT2D eigenvalue weighted by Crippen LogP contribution is -2.24. The molecule has 1 aliphatic rings. The van der Waals surface area contributed by atoms with Crippen molar-refractivity contribution in [1.82, 2.24) is 14.6 Å². The molecule has 0 fully saturated rings. The van der Waals surface area contributed by atoms with Crippen LogP contribution in [0.1, 0.15) is 12.0 Å². The monoisotopic (exact) mass is 540 g/mol. The minimum Gasteiger partial charge on any atom is -0.363 e. The highest BCUT2D eigenvalue weighted by Gasteiger charge is 2.18. The Morgan fingerprint density at radius 1 is 0.974 bits per heavy atom. The predicted molar refractivity (Wildman–Crippen MR) is 152 cm³/mol. The fraction of sp³-hybridized carbons (Fsp3) is 0.133. The molecule has 3 heterocycles. The molecule has 1 aliphatic heterocycles. The lowest BCUT2D eigenvalue weighted by molar-refractivity contribution is 0.370. The zero-order chi connectivity index (χ0) is 26.9. The van der Waals surface area contributed by atoms with Crippen LogP contribution < -0.4 is 10.3 Å². The van der Waals surface area contributed by atoms with Crippen molar-refractivity contribution in [3.05, 3.63) is 113 Å². The SMILES string of the molecule is CN1CC=C(c2cc(-c3ccc(F)cc3)ccc2-n2c(=O)ccc3cc(S(=O)Nc4ccon4)ccc32)CC1. The molecule has 6 rings (SSSR count). The number of aromatic nitrogens is 2. The van der Waals surface area contributed by atoms with Gasteiger partial charge in [-0.15, -0.1) is 0 Å². The Kier molecular flexibility index (Phi) is 6.68. The molecule has 7 nitrogen and oxygen atoms in total. The van der Waals surface area contributed by atoms with E-state index in [1.54, 1.807) is 41.0 Å². The number of nitrogens with zero attached hydrogens (tertiary/aromatic N) is 3. The Hall–Kier alpha value is -4.34. The summed E-state index contributed by atoms with van der Waals surface area (Å²) in [6.45, 7) is 1.72. The van der Waals surface area contributed by atoms with E-state index in [1.165, 1.54) is 24.5 Å². The third-order valence-electron chi connectivity index (χ3n) is 6.89. The van der Waals surface area contributed by atoms with E-state index in [0.717, 1.165) is 52.8 Å². The standard InChI is InChI=1S/C30H25FN4O3S/c1-34-15-12-21(13-16-34)26-19-22(20-2-6-24(31)7-3-20)4-9-28(26)35-27-10-8-25(18-23(27)5-11-30(35)36)39(37)33-29-14-17-38-32-29/h2-12,14,17-19H,13,15-16H2,1H3,(H,32,33). The Morgan fingerprint density at radius 3 is 2.54 bits per heavy atom. The largest absolute Gasteiger partial charge is 0.363 e. The van der Waals surface area contributed by atoms with Gasteiger partial charge in [-0.1, -0.05) is 29.4 Å². The molecule has 3 aromatic carbocycles. The highest BCUT2D eigenvalue weighted by molar-refractivity contribution is 7.86. The molecule has 0 saturated heterocycles. The summed E-state index contributed by atoms with van der Waals surface area (Å²) in [4.78, 5) is 16.1. The summed E-state index contributed by atoms with van der Waals surface area (Å²) >= 11 is 0. The number of nitrogens with one attached hydrogen (secondary N) is 1. The van der Waals surface area contributed by atoms with Gasteiger partial charge in [0.05, 0.1) is 16.1 Å². The van der Waals surface area contributed by atoms with Crippen molar-refractivity contribution >= 4 is 33.3 Å². The molecular weight excluding hydrogens is 515 g/mol. The molecule has 1 atom stereocenters. The van der Waals surface area contributed by atoms with Gasteiger partial charge in [-0.2, -0.15) is 0 Å². The van der Waals surface area contributed by atoms with E-state index in [9.17, 15) is 13.4 Å². The summed E-state index contributed by atoms with van der Waals surface area (Å²) in [6.07, 6.45) is 4.44. The topological polar surface area (TPSA) is 80.4 Å². The maximum absolute atomic E-state index is 13.6. The van der Waals surface area contributed by atoms with Crippen molar-refractivity contribution in [2.45, 2.75) is 11.3 Å². The van der Waals surface area contributed by atoms with Crippen LogP contribution in [0.15, 0.2) is 105 Å². The van der Waals surface area contributed by atoms with Gasteiger partial charge < -0.3 is 9.42 Å². The molecule has 196 valence electrons. The molecule has 2 aromatic heterocycles. The molecule has 0 radical (unpaired) electrons. The van der Waals surface area contributed by atoms with E-state index >= 15 is 0 Å². The number of pyridine rings is 1. The zero-order valence-electron chi connectivity index (χ0n) is 21.1. The second-order valence-electron chi connectivity index (χ2n) is 9.46. The molecule has 39 heavy (non-hydrogen) atoms. The first kappa shape index (κ1) is 25.0. The van der Waals surface area contributed by atoms with Crippen LogP contribution in [0, 0.1) is 5.82 Å². The minimum atomic E-state index is -1.56. The van der Waals surface area contributed by atoms with E-state index in [0.29, 0.717) is 16.2 Å².